The van der Waals surface area contributed by atoms with Crippen LogP contribution in [0.1, 0.15) is 44.7 Å². The molecule has 1 radical (unpaired) electrons. The normalized spacial score (nSPS) is 15.1. The minimum Gasteiger partial charge on any atom is -0.106 e. The van der Waals surface area contributed by atoms with E-state index in [9.17, 15) is 0 Å². The number of benzene rings is 1. The van der Waals surface area contributed by atoms with Gasteiger partial charge in [-0.2, -0.15) is 0 Å². The van der Waals surface area contributed by atoms with Gasteiger partial charge in [0.05, 0.1) is 0 Å². The van der Waals surface area contributed by atoms with Gasteiger partial charge in [0.15, 0.2) is 0 Å². The Kier molecular flexibility index (Phi) is 11.5. The van der Waals surface area contributed by atoms with Crippen molar-refractivity contribution in [1.29, 1.82) is 0 Å². The molecule has 0 bridgehead atoms. The molecule has 1 aliphatic carbocycles. The van der Waals surface area contributed by atoms with Gasteiger partial charge in [-0.1, -0.05) is 63.6 Å². The van der Waals surface area contributed by atoms with Gasteiger partial charge in [0.2, 0.25) is 0 Å². The fraction of sp³-hybridized carbons (Fsp3) is 0.368. The first kappa shape index (κ1) is 21.4. The van der Waals surface area contributed by atoms with Crippen LogP contribution in [0.25, 0.3) is 6.08 Å². The first-order valence-electron chi connectivity index (χ1n) is 6.91. The monoisotopic (exact) mass is 359 g/mol. The molecule has 1 atom stereocenters. The average molecular weight is 359 g/mol. The number of rotatable bonds is 2. The number of hydrogen-bond acceptors (Lipinski definition) is 0. The van der Waals surface area contributed by atoms with E-state index in [1.54, 1.807) is 5.57 Å². The van der Waals surface area contributed by atoms with E-state index in [0.717, 1.165) is 0 Å². The third-order valence-corrected chi connectivity index (χ3v) is 3.35. The van der Waals surface area contributed by atoms with Crippen molar-refractivity contribution in [2.24, 2.45) is 11.8 Å². The third kappa shape index (κ3) is 4.87. The molecular weight excluding hydrogens is 331 g/mol. The molecule has 0 saturated heterocycles. The number of allylic oxidation sites excluding steroid dienone is 1. The maximum absolute atomic E-state index is 3.00. The molecule has 0 N–H and O–H groups in total. The quantitative estimate of drug-likeness (QED) is 0.443. The van der Waals surface area contributed by atoms with Crippen molar-refractivity contribution in [3.8, 4) is 0 Å². The fourth-order valence-electron chi connectivity index (χ4n) is 2.64. The summed E-state index contributed by atoms with van der Waals surface area (Å²) in [5, 5.41) is 0. The van der Waals surface area contributed by atoms with Crippen molar-refractivity contribution in [2.45, 2.75) is 33.6 Å². The molecule has 0 aliphatic heterocycles. The number of fused-ring (bicyclic) bond motifs is 1. The second-order valence-corrected chi connectivity index (χ2v) is 5.15. The Balaban J connectivity index is 0. The summed E-state index contributed by atoms with van der Waals surface area (Å²) in [6.45, 7) is 21.2. The van der Waals surface area contributed by atoms with Crippen LogP contribution in [0.5, 0.6) is 0 Å². The molecule has 0 nitrogen and oxygen atoms in total. The van der Waals surface area contributed by atoms with Crippen molar-refractivity contribution in [3.63, 3.8) is 0 Å². The van der Waals surface area contributed by atoms with Gasteiger partial charge in [0.25, 0.3) is 0 Å². The standard InChI is InChI=1S/C15H20.2C2H4.Rh/c1-10(2)14-9-12-7-5-6-8-13(12)15(14)11(3)4;2*1-2;/h5-11,15H,1-4H3;2*1-2H2;. The molecule has 1 aromatic carbocycles. The minimum atomic E-state index is 0. The molecule has 0 fully saturated rings. The zero-order chi connectivity index (χ0) is 15.0. The molecule has 2 rings (SSSR count). The Labute approximate surface area is 138 Å². The van der Waals surface area contributed by atoms with Crippen LogP contribution in [0.3, 0.4) is 0 Å². The average Bonchev–Trinajstić information content (AvgIpc) is 2.83. The van der Waals surface area contributed by atoms with Crippen molar-refractivity contribution < 1.29 is 19.5 Å². The van der Waals surface area contributed by atoms with Crippen LogP contribution in [-0.4, -0.2) is 0 Å². The van der Waals surface area contributed by atoms with Gasteiger partial charge in [-0.15, -0.1) is 26.3 Å². The molecule has 20 heavy (non-hydrogen) atoms. The van der Waals surface area contributed by atoms with Crippen LogP contribution in [0, 0.1) is 11.8 Å². The molecule has 113 valence electrons. The smallest absolute Gasteiger partial charge is 0.00830 e. The Morgan fingerprint density at radius 2 is 1.40 bits per heavy atom. The van der Waals surface area contributed by atoms with Crippen LogP contribution < -0.4 is 0 Å². The van der Waals surface area contributed by atoms with Gasteiger partial charge in [-0.25, -0.2) is 0 Å². The molecule has 1 aliphatic rings. The van der Waals surface area contributed by atoms with Crippen LogP contribution in [0.2, 0.25) is 0 Å². The zero-order valence-electron chi connectivity index (χ0n) is 13.3. The fourth-order valence-corrected chi connectivity index (χ4v) is 2.64. The minimum absolute atomic E-state index is 0. The van der Waals surface area contributed by atoms with Crippen LogP contribution in [-0.2, 0) is 19.5 Å². The van der Waals surface area contributed by atoms with E-state index in [1.807, 2.05) is 0 Å². The SMILES string of the molecule is C=C.C=C.CC(C)C1=Cc2ccccc2C1C(C)C.[Rh]. The predicted octanol–water partition coefficient (Wildman–Crippen LogP) is 6.08. The summed E-state index contributed by atoms with van der Waals surface area (Å²) in [6, 6.07) is 8.81. The second kappa shape index (κ2) is 10.8. The van der Waals surface area contributed by atoms with E-state index in [2.05, 4.69) is 84.4 Å². The maximum Gasteiger partial charge on any atom is 0.00830 e. The van der Waals surface area contributed by atoms with E-state index in [0.29, 0.717) is 17.8 Å². The molecular formula is C19H28Rh. The van der Waals surface area contributed by atoms with Gasteiger partial charge in [0, 0.05) is 25.4 Å². The Morgan fingerprint density at radius 3 is 1.85 bits per heavy atom. The van der Waals surface area contributed by atoms with Crippen LogP contribution in [0.15, 0.2) is 56.2 Å². The van der Waals surface area contributed by atoms with Crippen molar-refractivity contribution in [2.75, 3.05) is 0 Å². The number of hydrogen-bond donors (Lipinski definition) is 0. The first-order chi connectivity index (χ1) is 9.11. The molecule has 1 unspecified atom stereocenters. The van der Waals surface area contributed by atoms with Gasteiger partial charge >= 0.3 is 0 Å². The summed E-state index contributed by atoms with van der Waals surface area (Å²) in [6.07, 6.45) is 2.39. The summed E-state index contributed by atoms with van der Waals surface area (Å²) < 4.78 is 0. The van der Waals surface area contributed by atoms with Crippen LogP contribution in [0.4, 0.5) is 0 Å². The van der Waals surface area contributed by atoms with E-state index >= 15 is 0 Å². The molecule has 1 heteroatoms. The van der Waals surface area contributed by atoms with E-state index in [-0.39, 0.29) is 19.5 Å². The van der Waals surface area contributed by atoms with Gasteiger partial charge in [-0.05, 0) is 23.0 Å². The second-order valence-electron chi connectivity index (χ2n) is 5.15. The van der Waals surface area contributed by atoms with Crippen molar-refractivity contribution >= 4 is 6.08 Å². The summed E-state index contributed by atoms with van der Waals surface area (Å²) in [5.41, 5.74) is 4.56. The Morgan fingerprint density at radius 1 is 0.900 bits per heavy atom. The molecule has 0 spiro atoms. The zero-order valence-corrected chi connectivity index (χ0v) is 14.9. The summed E-state index contributed by atoms with van der Waals surface area (Å²) in [5.74, 6) is 1.99. The Hall–Kier alpha value is -0.937. The summed E-state index contributed by atoms with van der Waals surface area (Å²) in [4.78, 5) is 0. The van der Waals surface area contributed by atoms with Crippen LogP contribution >= 0.6 is 0 Å². The summed E-state index contributed by atoms with van der Waals surface area (Å²) in [7, 11) is 0. The van der Waals surface area contributed by atoms with E-state index < -0.39 is 0 Å². The predicted molar refractivity (Wildman–Crippen MR) is 89.3 cm³/mol. The Bertz CT molecular complexity index is 414. The van der Waals surface area contributed by atoms with Crippen molar-refractivity contribution in [1.82, 2.24) is 0 Å². The van der Waals surface area contributed by atoms with E-state index in [1.165, 1.54) is 11.1 Å². The summed E-state index contributed by atoms with van der Waals surface area (Å²) >= 11 is 0. The topological polar surface area (TPSA) is 0 Å². The van der Waals surface area contributed by atoms with Gasteiger partial charge < -0.3 is 0 Å². The largest absolute Gasteiger partial charge is 0.106 e. The van der Waals surface area contributed by atoms with Crippen molar-refractivity contribution in [3.05, 3.63) is 67.3 Å². The third-order valence-electron chi connectivity index (χ3n) is 3.35. The molecule has 0 saturated carbocycles. The van der Waals surface area contributed by atoms with Gasteiger partial charge in [0.1, 0.15) is 0 Å². The maximum atomic E-state index is 3.00. The molecule has 1 aromatic rings. The first-order valence-corrected chi connectivity index (χ1v) is 6.91. The van der Waals surface area contributed by atoms with E-state index in [4.69, 9.17) is 0 Å². The van der Waals surface area contributed by atoms with Gasteiger partial charge in [-0.3, -0.25) is 0 Å². The molecule has 0 amide bonds. The molecule has 0 aromatic heterocycles. The molecule has 0 heterocycles.